The van der Waals surface area contributed by atoms with Crippen molar-refractivity contribution in [1.29, 1.82) is 0 Å². The molecule has 1 N–H and O–H groups in total. The minimum Gasteiger partial charge on any atom is -0.367 e. The summed E-state index contributed by atoms with van der Waals surface area (Å²) in [5.41, 5.74) is 0.903. The molecule has 1 fully saturated rings. The molecule has 1 aromatic rings. The van der Waals surface area contributed by atoms with E-state index in [0.717, 1.165) is 18.2 Å². The first kappa shape index (κ1) is 13.8. The van der Waals surface area contributed by atoms with Gasteiger partial charge in [0, 0.05) is 31.8 Å². The van der Waals surface area contributed by atoms with Crippen LogP contribution in [-0.2, 0) is 6.54 Å². The molecule has 106 valence electrons. The molecule has 8 heteroatoms. The van der Waals surface area contributed by atoms with Crippen LogP contribution in [-0.4, -0.2) is 27.8 Å². The van der Waals surface area contributed by atoms with E-state index in [9.17, 15) is 20.2 Å². The first-order chi connectivity index (χ1) is 9.56. The lowest BCUT2D eigenvalue weighted by atomic mass is 10.2. The molecule has 0 aromatic heterocycles. The highest BCUT2D eigenvalue weighted by Crippen LogP contribution is 2.16. The Balaban J connectivity index is 2.10. The summed E-state index contributed by atoms with van der Waals surface area (Å²) in [5.74, 6) is 0.472. The zero-order chi connectivity index (χ0) is 14.5. The maximum absolute atomic E-state index is 10.6. The standard InChI is InChI=1S/C12H14N4O4/c17-15(18)9-12-13-6-1-7-14(12)8-10-2-4-11(5-3-10)16(19)20/h2-5,9,13H,1,6-8H2. The Morgan fingerprint density at radius 3 is 2.55 bits per heavy atom. The number of rotatable bonds is 4. The highest BCUT2D eigenvalue weighted by atomic mass is 16.6. The van der Waals surface area contributed by atoms with Crippen molar-refractivity contribution in [3.05, 3.63) is 62.1 Å². The van der Waals surface area contributed by atoms with Gasteiger partial charge in [0.2, 0.25) is 0 Å². The molecule has 0 spiro atoms. The number of nitro groups is 2. The number of nitrogens with one attached hydrogen (secondary N) is 1. The molecule has 1 heterocycles. The van der Waals surface area contributed by atoms with Gasteiger partial charge in [-0.15, -0.1) is 0 Å². The topological polar surface area (TPSA) is 102 Å². The Morgan fingerprint density at radius 2 is 1.95 bits per heavy atom. The third-order valence-electron chi connectivity index (χ3n) is 3.00. The highest BCUT2D eigenvalue weighted by Gasteiger charge is 2.18. The van der Waals surface area contributed by atoms with E-state index in [0.29, 0.717) is 25.5 Å². The molecular formula is C12H14N4O4. The number of hydrogen-bond donors (Lipinski definition) is 1. The number of hydrogen-bond acceptors (Lipinski definition) is 6. The van der Waals surface area contributed by atoms with Crippen molar-refractivity contribution in [2.75, 3.05) is 13.1 Å². The van der Waals surface area contributed by atoms with Crippen LogP contribution in [0.1, 0.15) is 12.0 Å². The van der Waals surface area contributed by atoms with Gasteiger partial charge < -0.3 is 10.2 Å². The molecule has 8 nitrogen and oxygen atoms in total. The highest BCUT2D eigenvalue weighted by molar-refractivity contribution is 5.33. The van der Waals surface area contributed by atoms with Crippen molar-refractivity contribution in [2.45, 2.75) is 13.0 Å². The van der Waals surface area contributed by atoms with E-state index in [2.05, 4.69) is 5.32 Å². The molecule has 0 unspecified atom stereocenters. The lowest BCUT2D eigenvalue weighted by molar-refractivity contribution is -0.405. The summed E-state index contributed by atoms with van der Waals surface area (Å²) in [5, 5.41) is 24.1. The molecule has 1 saturated heterocycles. The maximum Gasteiger partial charge on any atom is 0.274 e. The van der Waals surface area contributed by atoms with E-state index in [1.54, 1.807) is 12.1 Å². The van der Waals surface area contributed by atoms with Gasteiger partial charge in [-0.25, -0.2) is 0 Å². The van der Waals surface area contributed by atoms with Crippen LogP contribution < -0.4 is 5.32 Å². The summed E-state index contributed by atoms with van der Waals surface area (Å²) in [7, 11) is 0. The Morgan fingerprint density at radius 1 is 1.25 bits per heavy atom. The van der Waals surface area contributed by atoms with E-state index in [4.69, 9.17) is 0 Å². The van der Waals surface area contributed by atoms with Gasteiger partial charge in [-0.3, -0.25) is 20.2 Å². The minimum absolute atomic E-state index is 0.0339. The van der Waals surface area contributed by atoms with Crippen LogP contribution in [0.5, 0.6) is 0 Å². The fourth-order valence-corrected chi connectivity index (χ4v) is 2.05. The van der Waals surface area contributed by atoms with Gasteiger partial charge in [0.1, 0.15) is 0 Å². The van der Waals surface area contributed by atoms with Crippen molar-refractivity contribution >= 4 is 5.69 Å². The summed E-state index contributed by atoms with van der Waals surface area (Å²) >= 11 is 0. The first-order valence-corrected chi connectivity index (χ1v) is 6.14. The largest absolute Gasteiger partial charge is 0.367 e. The summed E-state index contributed by atoms with van der Waals surface area (Å²) in [4.78, 5) is 22.1. The molecule has 0 bridgehead atoms. The van der Waals surface area contributed by atoms with Gasteiger partial charge in [0.25, 0.3) is 11.9 Å². The van der Waals surface area contributed by atoms with Gasteiger partial charge in [0.05, 0.1) is 9.85 Å². The SMILES string of the molecule is O=[N+]([O-])C=C1NCCCN1Cc1ccc([N+](=O)[O-])cc1. The molecule has 0 amide bonds. The summed E-state index contributed by atoms with van der Waals surface area (Å²) in [6.07, 6.45) is 1.84. The van der Waals surface area contributed by atoms with Gasteiger partial charge in [-0.05, 0) is 12.0 Å². The molecule has 1 aliphatic heterocycles. The van der Waals surface area contributed by atoms with Gasteiger partial charge in [-0.1, -0.05) is 12.1 Å². The van der Waals surface area contributed by atoms with E-state index in [1.165, 1.54) is 12.1 Å². The fraction of sp³-hybridized carbons (Fsp3) is 0.333. The lowest BCUT2D eigenvalue weighted by Crippen LogP contribution is -2.39. The molecule has 0 saturated carbocycles. The van der Waals surface area contributed by atoms with Crippen LogP contribution in [0.3, 0.4) is 0 Å². The summed E-state index contributed by atoms with van der Waals surface area (Å²) in [6.45, 7) is 1.89. The second-order valence-electron chi connectivity index (χ2n) is 4.43. The molecule has 0 aliphatic carbocycles. The minimum atomic E-state index is -0.490. The average molecular weight is 278 g/mol. The van der Waals surface area contributed by atoms with Crippen molar-refractivity contribution in [1.82, 2.24) is 10.2 Å². The van der Waals surface area contributed by atoms with Gasteiger partial charge in [0.15, 0.2) is 5.82 Å². The van der Waals surface area contributed by atoms with Crippen molar-refractivity contribution in [3.8, 4) is 0 Å². The average Bonchev–Trinajstić information content (AvgIpc) is 2.41. The van der Waals surface area contributed by atoms with Crippen molar-refractivity contribution in [2.24, 2.45) is 0 Å². The molecular weight excluding hydrogens is 264 g/mol. The molecule has 2 rings (SSSR count). The van der Waals surface area contributed by atoms with Crippen molar-refractivity contribution < 1.29 is 9.85 Å². The van der Waals surface area contributed by atoms with Crippen LogP contribution in [0.2, 0.25) is 0 Å². The molecule has 20 heavy (non-hydrogen) atoms. The molecule has 0 radical (unpaired) electrons. The summed E-state index contributed by atoms with van der Waals surface area (Å²) < 4.78 is 0. The monoisotopic (exact) mass is 278 g/mol. The number of non-ortho nitro benzene ring substituents is 1. The van der Waals surface area contributed by atoms with E-state index in [1.807, 2.05) is 4.90 Å². The van der Waals surface area contributed by atoms with Crippen LogP contribution in [0.15, 0.2) is 36.3 Å². The second kappa shape index (κ2) is 6.00. The summed E-state index contributed by atoms with van der Waals surface area (Å²) in [6, 6.07) is 6.19. The third-order valence-corrected chi connectivity index (χ3v) is 3.00. The van der Waals surface area contributed by atoms with E-state index < -0.39 is 9.85 Å². The number of nitro benzene ring substituents is 1. The Hall–Kier alpha value is -2.64. The quantitative estimate of drug-likeness (QED) is 0.661. The van der Waals surface area contributed by atoms with Crippen LogP contribution in [0.25, 0.3) is 0 Å². The lowest BCUT2D eigenvalue weighted by Gasteiger charge is -2.30. The molecule has 0 atom stereocenters. The number of benzene rings is 1. The van der Waals surface area contributed by atoms with Crippen LogP contribution in [0.4, 0.5) is 5.69 Å². The van der Waals surface area contributed by atoms with Crippen LogP contribution in [0, 0.1) is 20.2 Å². The van der Waals surface area contributed by atoms with Gasteiger partial charge >= 0.3 is 0 Å². The second-order valence-corrected chi connectivity index (χ2v) is 4.43. The zero-order valence-corrected chi connectivity index (χ0v) is 10.7. The Bertz CT molecular complexity index is 541. The van der Waals surface area contributed by atoms with Crippen LogP contribution >= 0.6 is 0 Å². The van der Waals surface area contributed by atoms with E-state index in [-0.39, 0.29) is 5.69 Å². The van der Waals surface area contributed by atoms with Crippen molar-refractivity contribution in [3.63, 3.8) is 0 Å². The Labute approximate surface area is 115 Å². The number of nitrogens with zero attached hydrogens (tertiary/aromatic N) is 3. The molecule has 1 aromatic carbocycles. The maximum atomic E-state index is 10.6. The predicted molar refractivity (Wildman–Crippen MR) is 71.2 cm³/mol. The Kier molecular flexibility index (Phi) is 4.14. The smallest absolute Gasteiger partial charge is 0.274 e. The fourth-order valence-electron chi connectivity index (χ4n) is 2.05. The van der Waals surface area contributed by atoms with Gasteiger partial charge in [-0.2, -0.15) is 0 Å². The molecule has 1 aliphatic rings. The van der Waals surface area contributed by atoms with E-state index >= 15 is 0 Å². The normalized spacial score (nSPS) is 16.8. The first-order valence-electron chi connectivity index (χ1n) is 6.14. The predicted octanol–water partition coefficient (Wildman–Crippen LogP) is 1.47. The zero-order valence-electron chi connectivity index (χ0n) is 10.7. The third kappa shape index (κ3) is 3.44.